The van der Waals surface area contributed by atoms with E-state index in [1.165, 1.54) is 24.5 Å². The Kier molecular flexibility index (Phi) is 8.70. The van der Waals surface area contributed by atoms with E-state index in [2.05, 4.69) is 6.92 Å². The van der Waals surface area contributed by atoms with Crippen LogP contribution in [0.25, 0.3) is 11.0 Å². The van der Waals surface area contributed by atoms with Crippen molar-refractivity contribution in [3.63, 3.8) is 0 Å². The van der Waals surface area contributed by atoms with Crippen LogP contribution >= 0.6 is 0 Å². The lowest BCUT2D eigenvalue weighted by Crippen LogP contribution is -2.60. The maximum atomic E-state index is 12.3. The van der Waals surface area contributed by atoms with Crippen LogP contribution in [0.1, 0.15) is 39.0 Å². The topological polar surface area (TPSA) is 159 Å². The number of ether oxygens (including phenoxy) is 3. The molecule has 1 fully saturated rings. The fourth-order valence-corrected chi connectivity index (χ4v) is 3.50. The first-order chi connectivity index (χ1) is 15.9. The van der Waals surface area contributed by atoms with Crippen LogP contribution in [0.5, 0.6) is 17.2 Å². The Labute approximate surface area is 190 Å². The third kappa shape index (κ3) is 5.84. The second-order valence-electron chi connectivity index (χ2n) is 7.88. The summed E-state index contributed by atoms with van der Waals surface area (Å²) in [7, 11) is 0. The summed E-state index contributed by atoms with van der Waals surface area (Å²) < 4.78 is 21.3. The van der Waals surface area contributed by atoms with Gasteiger partial charge in [-0.1, -0.05) is 26.2 Å². The molecule has 10 nitrogen and oxygen atoms in total. The van der Waals surface area contributed by atoms with Crippen LogP contribution in [0, 0.1) is 0 Å². The Hall–Kier alpha value is -2.63. The van der Waals surface area contributed by atoms with E-state index in [-0.39, 0.29) is 22.5 Å². The van der Waals surface area contributed by atoms with Crippen LogP contribution in [0.4, 0.5) is 0 Å². The van der Waals surface area contributed by atoms with Gasteiger partial charge < -0.3 is 44.2 Å². The number of allylic oxidation sites excluding steroid dienone is 1. The van der Waals surface area contributed by atoms with Crippen LogP contribution in [-0.2, 0) is 4.74 Å². The van der Waals surface area contributed by atoms with Gasteiger partial charge in [-0.05, 0) is 31.1 Å². The average molecular weight is 466 g/mol. The molecule has 0 radical (unpaired) electrons. The molecule has 1 aliphatic heterocycles. The van der Waals surface area contributed by atoms with E-state index in [1.807, 2.05) is 0 Å². The van der Waals surface area contributed by atoms with Crippen molar-refractivity contribution in [2.24, 2.45) is 0 Å². The van der Waals surface area contributed by atoms with Crippen LogP contribution in [0.2, 0.25) is 0 Å². The van der Waals surface area contributed by atoms with Gasteiger partial charge >= 0.3 is 5.63 Å². The number of aromatic hydroxyl groups is 1. The second-order valence-corrected chi connectivity index (χ2v) is 7.88. The zero-order chi connectivity index (χ0) is 24.0. The molecule has 0 spiro atoms. The summed E-state index contributed by atoms with van der Waals surface area (Å²) >= 11 is 0. The normalized spacial score (nSPS) is 25.5. The third-order valence-corrected chi connectivity index (χ3v) is 5.42. The van der Waals surface area contributed by atoms with Gasteiger partial charge in [0.15, 0.2) is 5.75 Å². The first kappa shape index (κ1) is 25.0. The Morgan fingerprint density at radius 2 is 1.88 bits per heavy atom. The fourth-order valence-electron chi connectivity index (χ4n) is 3.50. The smallest absolute Gasteiger partial charge is 0.383 e. The number of hydrogen-bond acceptors (Lipinski definition) is 10. The fraction of sp³-hybridized carbons (Fsp3) is 0.522. The Morgan fingerprint density at radius 1 is 1.09 bits per heavy atom. The lowest BCUT2D eigenvalue weighted by molar-refractivity contribution is -0.277. The highest BCUT2D eigenvalue weighted by molar-refractivity contribution is 5.86. The van der Waals surface area contributed by atoms with Gasteiger partial charge in [-0.25, -0.2) is 4.79 Å². The van der Waals surface area contributed by atoms with Crippen molar-refractivity contribution >= 4 is 11.0 Å². The quantitative estimate of drug-likeness (QED) is 0.197. The number of hydrogen-bond donors (Lipinski definition) is 5. The van der Waals surface area contributed by atoms with E-state index in [0.29, 0.717) is 0 Å². The van der Waals surface area contributed by atoms with Crippen molar-refractivity contribution in [1.82, 2.24) is 0 Å². The molecule has 3 rings (SSSR count). The summed E-state index contributed by atoms with van der Waals surface area (Å²) in [5.74, 6) is -0.638. The lowest BCUT2D eigenvalue weighted by atomic mass is 9.99. The van der Waals surface area contributed by atoms with Gasteiger partial charge in [0.25, 0.3) is 5.75 Å². The molecular weight excluding hydrogens is 436 g/mol. The van der Waals surface area contributed by atoms with Crippen LogP contribution in [-0.4, -0.2) is 62.8 Å². The molecule has 0 amide bonds. The Morgan fingerprint density at radius 3 is 2.61 bits per heavy atom. The van der Waals surface area contributed by atoms with Crippen LogP contribution < -0.4 is 15.1 Å². The standard InChI is InChI=1S/C23H30O10/c1-2-3-4-5-6-7-10-30-21-17(25)14-9-8-13(11-15(14)32-22(21)29)31-23-20(28)19(27)18(26)16(12-24)33-23/h7-11,16,18-20,23-28H,2-6,12H2,1H3/b10-7+/t16-,18-,19+,20-,23?/m1/s1. The molecule has 10 heteroatoms. The maximum Gasteiger partial charge on any atom is 0.383 e. The zero-order valence-electron chi connectivity index (χ0n) is 18.3. The maximum absolute atomic E-state index is 12.3. The number of benzene rings is 1. The molecule has 182 valence electrons. The van der Waals surface area contributed by atoms with E-state index in [1.54, 1.807) is 6.08 Å². The SMILES string of the molecule is CCCCCC/C=C/Oc1c(O)c2ccc(OC3O[C@H](CO)[C@@H](O)[C@H](O)[C@H]3O)cc2oc1=O. The predicted octanol–water partition coefficient (Wildman–Crippen LogP) is 1.54. The average Bonchev–Trinajstić information content (AvgIpc) is 2.80. The van der Waals surface area contributed by atoms with Crippen molar-refractivity contribution in [2.45, 2.75) is 69.7 Å². The van der Waals surface area contributed by atoms with Crippen molar-refractivity contribution < 1.29 is 44.2 Å². The highest BCUT2D eigenvalue weighted by Crippen LogP contribution is 2.34. The molecule has 1 aromatic heterocycles. The van der Waals surface area contributed by atoms with Gasteiger partial charge in [0.2, 0.25) is 6.29 Å². The van der Waals surface area contributed by atoms with Gasteiger partial charge in [0.1, 0.15) is 35.7 Å². The molecule has 1 saturated heterocycles. The Balaban J connectivity index is 1.73. The van der Waals surface area contributed by atoms with E-state index in [9.17, 15) is 30.3 Å². The van der Waals surface area contributed by atoms with Gasteiger partial charge in [0.05, 0.1) is 18.3 Å². The van der Waals surface area contributed by atoms with Gasteiger partial charge in [-0.15, -0.1) is 0 Å². The van der Waals surface area contributed by atoms with Crippen molar-refractivity contribution in [1.29, 1.82) is 0 Å². The first-order valence-corrected chi connectivity index (χ1v) is 11.0. The van der Waals surface area contributed by atoms with Crippen molar-refractivity contribution in [3.05, 3.63) is 41.0 Å². The molecule has 5 N–H and O–H groups in total. The largest absolute Gasteiger partial charge is 0.504 e. The van der Waals surface area contributed by atoms with E-state index >= 15 is 0 Å². The predicted molar refractivity (Wildman–Crippen MR) is 117 cm³/mol. The molecule has 0 bridgehead atoms. The molecule has 1 aromatic carbocycles. The molecule has 0 saturated carbocycles. The molecule has 5 atom stereocenters. The molecule has 33 heavy (non-hydrogen) atoms. The molecule has 2 heterocycles. The van der Waals surface area contributed by atoms with Crippen molar-refractivity contribution in [2.75, 3.05) is 6.61 Å². The number of aliphatic hydroxyl groups is 4. The number of unbranched alkanes of at least 4 members (excludes halogenated alkanes) is 4. The number of rotatable bonds is 10. The van der Waals surface area contributed by atoms with E-state index in [0.717, 1.165) is 32.1 Å². The summed E-state index contributed by atoms with van der Waals surface area (Å²) in [6, 6.07) is 4.15. The summed E-state index contributed by atoms with van der Waals surface area (Å²) in [4.78, 5) is 12.3. The number of fused-ring (bicyclic) bond motifs is 1. The second kappa shape index (κ2) is 11.5. The minimum Gasteiger partial charge on any atom is -0.504 e. The molecule has 2 aromatic rings. The monoisotopic (exact) mass is 466 g/mol. The van der Waals surface area contributed by atoms with Crippen LogP contribution in [0.3, 0.4) is 0 Å². The van der Waals surface area contributed by atoms with Gasteiger partial charge in [0, 0.05) is 6.07 Å². The first-order valence-electron chi connectivity index (χ1n) is 11.0. The van der Waals surface area contributed by atoms with E-state index in [4.69, 9.17) is 18.6 Å². The molecular formula is C23H30O10. The third-order valence-electron chi connectivity index (χ3n) is 5.42. The molecule has 0 aliphatic carbocycles. The van der Waals surface area contributed by atoms with Gasteiger partial charge in [-0.2, -0.15) is 0 Å². The van der Waals surface area contributed by atoms with Gasteiger partial charge in [-0.3, -0.25) is 0 Å². The Bertz CT molecular complexity index is 999. The summed E-state index contributed by atoms with van der Waals surface area (Å²) in [6.07, 6.45) is 1.09. The highest BCUT2D eigenvalue weighted by atomic mass is 16.7. The molecule has 1 aliphatic rings. The molecule has 1 unspecified atom stereocenters. The minimum atomic E-state index is -1.59. The van der Waals surface area contributed by atoms with Crippen molar-refractivity contribution in [3.8, 4) is 17.2 Å². The zero-order valence-corrected chi connectivity index (χ0v) is 18.3. The van der Waals surface area contributed by atoms with Crippen LogP contribution in [0.15, 0.2) is 39.7 Å². The lowest BCUT2D eigenvalue weighted by Gasteiger charge is -2.39. The summed E-state index contributed by atoms with van der Waals surface area (Å²) in [6.45, 7) is 1.53. The summed E-state index contributed by atoms with van der Waals surface area (Å²) in [5, 5.41) is 49.8. The number of aliphatic hydroxyl groups excluding tert-OH is 4. The minimum absolute atomic E-state index is 0.00418. The summed E-state index contributed by atoms with van der Waals surface area (Å²) in [5.41, 5.74) is -0.892. The highest BCUT2D eigenvalue weighted by Gasteiger charge is 2.44. The van der Waals surface area contributed by atoms with E-state index < -0.39 is 48.7 Å².